The van der Waals surface area contributed by atoms with E-state index in [-0.39, 0.29) is 0 Å². The molecule has 1 atom stereocenters. The molecule has 13 heavy (non-hydrogen) atoms. The fourth-order valence-corrected chi connectivity index (χ4v) is 1.93. The van der Waals surface area contributed by atoms with Crippen molar-refractivity contribution in [2.45, 2.75) is 25.8 Å². The van der Waals surface area contributed by atoms with Crippen LogP contribution in [0, 0.1) is 0 Å². The highest BCUT2D eigenvalue weighted by Gasteiger charge is 2.18. The minimum atomic E-state index is 0.707. The van der Waals surface area contributed by atoms with Crippen molar-refractivity contribution < 1.29 is 4.74 Å². The summed E-state index contributed by atoms with van der Waals surface area (Å²) >= 11 is 0. The van der Waals surface area contributed by atoms with Gasteiger partial charge in [0.15, 0.2) is 0 Å². The summed E-state index contributed by atoms with van der Waals surface area (Å²) < 4.78 is 5.34. The second kappa shape index (κ2) is 6.35. The zero-order valence-electron chi connectivity index (χ0n) is 8.88. The topological polar surface area (TPSA) is 24.5 Å². The van der Waals surface area contributed by atoms with Gasteiger partial charge in [-0.25, -0.2) is 0 Å². The van der Waals surface area contributed by atoms with Crippen molar-refractivity contribution in [3.8, 4) is 0 Å². The summed E-state index contributed by atoms with van der Waals surface area (Å²) in [5, 5.41) is 3.27. The zero-order valence-corrected chi connectivity index (χ0v) is 8.88. The lowest BCUT2D eigenvalue weighted by Crippen LogP contribution is -2.47. The highest BCUT2D eigenvalue weighted by atomic mass is 16.5. The van der Waals surface area contributed by atoms with Crippen LogP contribution in [0.1, 0.15) is 19.8 Å². The Hall–Kier alpha value is -0.120. The third-order valence-electron chi connectivity index (χ3n) is 2.62. The third-order valence-corrected chi connectivity index (χ3v) is 2.62. The van der Waals surface area contributed by atoms with Crippen LogP contribution in [-0.2, 0) is 4.74 Å². The van der Waals surface area contributed by atoms with Gasteiger partial charge < -0.3 is 10.1 Å². The molecule has 0 saturated carbocycles. The molecule has 1 unspecified atom stereocenters. The number of likely N-dealkylation sites (N-methyl/N-ethyl adjacent to an activating group) is 1. The average molecular weight is 186 g/mol. The Labute approximate surface area is 81.4 Å². The van der Waals surface area contributed by atoms with Crippen molar-refractivity contribution in [1.82, 2.24) is 10.2 Å². The maximum absolute atomic E-state index is 5.34. The van der Waals surface area contributed by atoms with Gasteiger partial charge in [0, 0.05) is 25.7 Å². The number of rotatable bonds is 5. The highest BCUT2D eigenvalue weighted by molar-refractivity contribution is 4.74. The van der Waals surface area contributed by atoms with Gasteiger partial charge in [-0.1, -0.05) is 13.3 Å². The van der Waals surface area contributed by atoms with Gasteiger partial charge in [0.25, 0.3) is 0 Å². The zero-order chi connectivity index (χ0) is 9.52. The van der Waals surface area contributed by atoms with Crippen LogP contribution in [0.4, 0.5) is 0 Å². The molecular weight excluding hydrogens is 164 g/mol. The lowest BCUT2D eigenvalue weighted by Gasteiger charge is -2.34. The standard InChI is InChI=1S/C10H22N2O/c1-3-4-10(9-11-2)12-5-7-13-8-6-12/h10-11H,3-9H2,1-2H3. The summed E-state index contributed by atoms with van der Waals surface area (Å²) in [6.45, 7) is 7.38. The second-order valence-corrected chi connectivity index (χ2v) is 3.65. The van der Waals surface area contributed by atoms with E-state index in [0.29, 0.717) is 6.04 Å². The van der Waals surface area contributed by atoms with Gasteiger partial charge in [-0.05, 0) is 13.5 Å². The van der Waals surface area contributed by atoms with Gasteiger partial charge in [0.2, 0.25) is 0 Å². The normalized spacial score (nSPS) is 21.7. The molecular formula is C10H22N2O. The number of hydrogen-bond acceptors (Lipinski definition) is 3. The Bertz CT molecular complexity index is 118. The molecule has 1 N–H and O–H groups in total. The molecule has 1 aliphatic heterocycles. The maximum Gasteiger partial charge on any atom is 0.0594 e. The van der Waals surface area contributed by atoms with Gasteiger partial charge in [0.05, 0.1) is 13.2 Å². The molecule has 1 saturated heterocycles. The number of morpholine rings is 1. The Kier molecular flexibility index (Phi) is 5.35. The molecule has 0 aromatic heterocycles. The van der Waals surface area contributed by atoms with Gasteiger partial charge in [0.1, 0.15) is 0 Å². The van der Waals surface area contributed by atoms with E-state index >= 15 is 0 Å². The minimum absolute atomic E-state index is 0.707. The summed E-state index contributed by atoms with van der Waals surface area (Å²) in [4.78, 5) is 2.55. The van der Waals surface area contributed by atoms with E-state index in [1.54, 1.807) is 0 Å². The van der Waals surface area contributed by atoms with Crippen LogP contribution in [0.3, 0.4) is 0 Å². The van der Waals surface area contributed by atoms with E-state index in [0.717, 1.165) is 32.8 Å². The SMILES string of the molecule is CCCC(CNC)N1CCOCC1. The van der Waals surface area contributed by atoms with Crippen molar-refractivity contribution in [2.75, 3.05) is 39.9 Å². The van der Waals surface area contributed by atoms with Crippen LogP contribution in [0.15, 0.2) is 0 Å². The largest absolute Gasteiger partial charge is 0.379 e. The summed E-state index contributed by atoms with van der Waals surface area (Å²) in [6, 6.07) is 0.707. The number of ether oxygens (including phenoxy) is 1. The maximum atomic E-state index is 5.34. The fourth-order valence-electron chi connectivity index (χ4n) is 1.93. The molecule has 0 radical (unpaired) electrons. The first-order valence-corrected chi connectivity index (χ1v) is 5.35. The monoisotopic (exact) mass is 186 g/mol. The van der Waals surface area contributed by atoms with Crippen LogP contribution in [0.25, 0.3) is 0 Å². The first-order valence-electron chi connectivity index (χ1n) is 5.35. The van der Waals surface area contributed by atoms with Crippen LogP contribution in [0.2, 0.25) is 0 Å². The molecule has 0 aromatic carbocycles. The van der Waals surface area contributed by atoms with Crippen molar-refractivity contribution in [2.24, 2.45) is 0 Å². The van der Waals surface area contributed by atoms with Crippen molar-refractivity contribution in [3.63, 3.8) is 0 Å². The average Bonchev–Trinajstić information content (AvgIpc) is 2.19. The minimum Gasteiger partial charge on any atom is -0.379 e. The second-order valence-electron chi connectivity index (χ2n) is 3.65. The molecule has 0 bridgehead atoms. The molecule has 1 heterocycles. The van der Waals surface area contributed by atoms with Gasteiger partial charge >= 0.3 is 0 Å². The smallest absolute Gasteiger partial charge is 0.0594 e. The molecule has 0 amide bonds. The van der Waals surface area contributed by atoms with Crippen LogP contribution >= 0.6 is 0 Å². The molecule has 3 heteroatoms. The Morgan fingerprint density at radius 1 is 1.38 bits per heavy atom. The predicted molar refractivity (Wildman–Crippen MR) is 55.0 cm³/mol. The van der Waals surface area contributed by atoms with E-state index < -0.39 is 0 Å². The summed E-state index contributed by atoms with van der Waals surface area (Å²) in [5.41, 5.74) is 0. The van der Waals surface area contributed by atoms with Crippen molar-refractivity contribution in [1.29, 1.82) is 0 Å². The lowest BCUT2D eigenvalue weighted by molar-refractivity contribution is 0.0151. The summed E-state index contributed by atoms with van der Waals surface area (Å²) in [7, 11) is 2.03. The molecule has 0 spiro atoms. The first-order chi connectivity index (χ1) is 6.38. The molecule has 1 aliphatic rings. The van der Waals surface area contributed by atoms with Crippen molar-refractivity contribution >= 4 is 0 Å². The predicted octanol–water partition coefficient (Wildman–Crippen LogP) is 0.707. The summed E-state index contributed by atoms with van der Waals surface area (Å²) in [6.07, 6.45) is 2.56. The number of nitrogens with one attached hydrogen (secondary N) is 1. The molecule has 0 aliphatic carbocycles. The quantitative estimate of drug-likeness (QED) is 0.684. The van der Waals surface area contributed by atoms with Gasteiger partial charge in [-0.15, -0.1) is 0 Å². The Balaban J connectivity index is 2.32. The molecule has 78 valence electrons. The van der Waals surface area contributed by atoms with E-state index in [1.807, 2.05) is 7.05 Å². The summed E-state index contributed by atoms with van der Waals surface area (Å²) in [5.74, 6) is 0. The molecule has 1 fully saturated rings. The van der Waals surface area contributed by atoms with Gasteiger partial charge in [-0.2, -0.15) is 0 Å². The van der Waals surface area contributed by atoms with Crippen LogP contribution in [0.5, 0.6) is 0 Å². The fraction of sp³-hybridized carbons (Fsp3) is 1.00. The highest BCUT2D eigenvalue weighted by Crippen LogP contribution is 2.08. The number of nitrogens with zero attached hydrogens (tertiary/aromatic N) is 1. The van der Waals surface area contributed by atoms with E-state index in [4.69, 9.17) is 4.74 Å². The van der Waals surface area contributed by atoms with E-state index in [2.05, 4.69) is 17.1 Å². The first kappa shape index (κ1) is 11.0. The van der Waals surface area contributed by atoms with Crippen LogP contribution < -0.4 is 5.32 Å². The van der Waals surface area contributed by atoms with Crippen molar-refractivity contribution in [3.05, 3.63) is 0 Å². The Morgan fingerprint density at radius 3 is 2.62 bits per heavy atom. The van der Waals surface area contributed by atoms with Crippen LogP contribution in [-0.4, -0.2) is 50.8 Å². The lowest BCUT2D eigenvalue weighted by atomic mass is 10.1. The molecule has 1 rings (SSSR count). The molecule has 0 aromatic rings. The molecule has 3 nitrogen and oxygen atoms in total. The van der Waals surface area contributed by atoms with E-state index in [1.165, 1.54) is 12.8 Å². The Morgan fingerprint density at radius 2 is 2.08 bits per heavy atom. The van der Waals surface area contributed by atoms with E-state index in [9.17, 15) is 0 Å². The third kappa shape index (κ3) is 3.63. The number of hydrogen-bond donors (Lipinski definition) is 1. The van der Waals surface area contributed by atoms with Gasteiger partial charge in [-0.3, -0.25) is 4.90 Å².